The zero-order chi connectivity index (χ0) is 19.7. The van der Waals surface area contributed by atoms with Gasteiger partial charge in [0.2, 0.25) is 0 Å². The topological polar surface area (TPSA) is 58.6 Å². The summed E-state index contributed by atoms with van der Waals surface area (Å²) in [5.41, 5.74) is 3.26. The van der Waals surface area contributed by atoms with E-state index in [4.69, 9.17) is 4.74 Å². The number of hydrogen-bond donors (Lipinski definition) is 2. The highest BCUT2D eigenvalue weighted by Gasteiger charge is 2.26. The van der Waals surface area contributed by atoms with Gasteiger partial charge >= 0.3 is 5.97 Å². The molecule has 0 bridgehead atoms. The fourth-order valence-corrected chi connectivity index (χ4v) is 2.89. The standard InChI is InChI=1S/C22H29NO3/c1-21(2,3)16-12-14(13-17(19(16)24)22(4,5)6)23-18-11-9-8-10-15(18)20(25)26-7/h8-13,23-24H,1-7H3. The third kappa shape index (κ3) is 4.18. The molecule has 0 fully saturated rings. The van der Waals surface area contributed by atoms with Crippen LogP contribution in [-0.2, 0) is 15.6 Å². The number of ether oxygens (including phenoxy) is 1. The fourth-order valence-electron chi connectivity index (χ4n) is 2.89. The van der Waals surface area contributed by atoms with Gasteiger partial charge in [-0.3, -0.25) is 0 Å². The SMILES string of the molecule is COC(=O)c1ccccc1Nc1cc(C(C)(C)C)c(O)c(C(C)(C)C)c1. The van der Waals surface area contributed by atoms with Gasteiger partial charge in [-0.1, -0.05) is 53.7 Å². The normalized spacial score (nSPS) is 12.0. The van der Waals surface area contributed by atoms with E-state index in [-0.39, 0.29) is 16.8 Å². The van der Waals surface area contributed by atoms with E-state index in [0.29, 0.717) is 17.0 Å². The molecule has 0 radical (unpaired) electrons. The zero-order valence-electron chi connectivity index (χ0n) is 16.7. The quantitative estimate of drug-likeness (QED) is 0.562. The molecule has 2 rings (SSSR count). The van der Waals surface area contributed by atoms with Crippen LogP contribution < -0.4 is 5.32 Å². The van der Waals surface area contributed by atoms with Crippen LogP contribution in [-0.4, -0.2) is 18.2 Å². The number of anilines is 2. The summed E-state index contributed by atoms with van der Waals surface area (Å²) in [6.07, 6.45) is 0. The second-order valence-electron chi connectivity index (χ2n) is 8.58. The average Bonchev–Trinajstić information content (AvgIpc) is 2.54. The van der Waals surface area contributed by atoms with Crippen molar-refractivity contribution in [2.24, 2.45) is 0 Å². The van der Waals surface area contributed by atoms with Gasteiger partial charge in [0.05, 0.1) is 18.4 Å². The van der Waals surface area contributed by atoms with Crippen molar-refractivity contribution in [3.63, 3.8) is 0 Å². The number of phenolic OH excluding ortho intramolecular Hbond substituents is 1. The van der Waals surface area contributed by atoms with Crippen LogP contribution in [0.3, 0.4) is 0 Å². The molecule has 0 unspecified atom stereocenters. The fraction of sp³-hybridized carbons (Fsp3) is 0.409. The number of nitrogens with one attached hydrogen (secondary N) is 1. The van der Waals surface area contributed by atoms with Gasteiger partial charge in [-0.25, -0.2) is 4.79 Å². The maximum Gasteiger partial charge on any atom is 0.339 e. The number of para-hydroxylation sites is 1. The predicted octanol–water partition coefficient (Wildman–Crippen LogP) is 5.52. The molecule has 0 saturated heterocycles. The lowest BCUT2D eigenvalue weighted by Crippen LogP contribution is -2.17. The van der Waals surface area contributed by atoms with Crippen molar-refractivity contribution >= 4 is 17.3 Å². The highest BCUT2D eigenvalue weighted by atomic mass is 16.5. The highest BCUT2D eigenvalue weighted by Crippen LogP contribution is 2.41. The summed E-state index contributed by atoms with van der Waals surface area (Å²) in [5, 5.41) is 14.2. The number of benzene rings is 2. The first-order chi connectivity index (χ1) is 11.9. The van der Waals surface area contributed by atoms with Gasteiger partial charge in [0, 0.05) is 16.8 Å². The summed E-state index contributed by atoms with van der Waals surface area (Å²) in [4.78, 5) is 12.0. The van der Waals surface area contributed by atoms with Gasteiger partial charge in [0.15, 0.2) is 0 Å². The van der Waals surface area contributed by atoms with E-state index in [9.17, 15) is 9.90 Å². The summed E-state index contributed by atoms with van der Waals surface area (Å²) in [6, 6.07) is 11.1. The molecular weight excluding hydrogens is 326 g/mol. The predicted molar refractivity (Wildman–Crippen MR) is 107 cm³/mol. The lowest BCUT2D eigenvalue weighted by Gasteiger charge is -2.28. The van der Waals surface area contributed by atoms with Gasteiger partial charge in [-0.05, 0) is 35.1 Å². The van der Waals surface area contributed by atoms with Crippen LogP contribution in [0.4, 0.5) is 11.4 Å². The van der Waals surface area contributed by atoms with E-state index >= 15 is 0 Å². The van der Waals surface area contributed by atoms with E-state index in [1.807, 2.05) is 24.3 Å². The Hall–Kier alpha value is -2.49. The number of esters is 1. The molecule has 2 aromatic rings. The Morgan fingerprint density at radius 3 is 1.92 bits per heavy atom. The zero-order valence-corrected chi connectivity index (χ0v) is 16.7. The molecule has 0 saturated carbocycles. The summed E-state index contributed by atoms with van der Waals surface area (Å²) in [6.45, 7) is 12.4. The molecule has 4 nitrogen and oxygen atoms in total. The third-order valence-corrected chi connectivity index (χ3v) is 4.34. The number of methoxy groups -OCH3 is 1. The molecule has 0 aliphatic heterocycles. The summed E-state index contributed by atoms with van der Waals surface area (Å²) >= 11 is 0. The van der Waals surface area contributed by atoms with Crippen LogP contribution in [0.5, 0.6) is 5.75 Å². The van der Waals surface area contributed by atoms with Crippen LogP contribution in [0, 0.1) is 0 Å². The molecule has 0 atom stereocenters. The monoisotopic (exact) mass is 355 g/mol. The molecule has 0 aliphatic carbocycles. The van der Waals surface area contributed by atoms with Crippen LogP contribution in [0.25, 0.3) is 0 Å². The van der Waals surface area contributed by atoms with Crippen molar-refractivity contribution in [1.82, 2.24) is 0 Å². The summed E-state index contributed by atoms with van der Waals surface area (Å²) < 4.78 is 4.87. The molecular formula is C22H29NO3. The molecule has 140 valence electrons. The molecule has 0 aromatic heterocycles. The highest BCUT2D eigenvalue weighted by molar-refractivity contribution is 5.96. The lowest BCUT2D eigenvalue weighted by atomic mass is 9.79. The summed E-state index contributed by atoms with van der Waals surface area (Å²) in [5.74, 6) is -0.0595. The average molecular weight is 355 g/mol. The first-order valence-corrected chi connectivity index (χ1v) is 8.77. The Bertz CT molecular complexity index is 776. The first-order valence-electron chi connectivity index (χ1n) is 8.77. The van der Waals surface area contributed by atoms with Crippen LogP contribution in [0.15, 0.2) is 36.4 Å². The molecule has 4 heteroatoms. The minimum Gasteiger partial charge on any atom is -0.507 e. The Labute approximate surface area is 156 Å². The Morgan fingerprint density at radius 1 is 0.962 bits per heavy atom. The molecule has 26 heavy (non-hydrogen) atoms. The second kappa shape index (κ2) is 7.02. The maximum absolute atomic E-state index is 12.0. The van der Waals surface area contributed by atoms with Gasteiger partial charge in [0.1, 0.15) is 5.75 Å². The number of phenols is 1. The number of aromatic hydroxyl groups is 1. The van der Waals surface area contributed by atoms with Crippen molar-refractivity contribution < 1.29 is 14.6 Å². The minimum absolute atomic E-state index is 0.219. The van der Waals surface area contributed by atoms with E-state index in [2.05, 4.69) is 46.9 Å². The molecule has 2 aromatic carbocycles. The minimum atomic E-state index is -0.390. The van der Waals surface area contributed by atoms with E-state index in [1.165, 1.54) is 7.11 Å². The molecule has 0 amide bonds. The van der Waals surface area contributed by atoms with Gasteiger partial charge in [-0.2, -0.15) is 0 Å². The Balaban J connectivity index is 2.60. The Kier molecular flexibility index (Phi) is 5.36. The largest absolute Gasteiger partial charge is 0.507 e. The lowest BCUT2D eigenvalue weighted by molar-refractivity contribution is 0.0602. The number of hydrogen-bond acceptors (Lipinski definition) is 4. The number of carbonyl (C=O) groups is 1. The van der Waals surface area contributed by atoms with E-state index in [1.54, 1.807) is 12.1 Å². The van der Waals surface area contributed by atoms with Gasteiger partial charge < -0.3 is 15.2 Å². The van der Waals surface area contributed by atoms with Crippen LogP contribution in [0.1, 0.15) is 63.0 Å². The smallest absolute Gasteiger partial charge is 0.339 e. The van der Waals surface area contributed by atoms with Crippen molar-refractivity contribution in [3.05, 3.63) is 53.1 Å². The van der Waals surface area contributed by atoms with Crippen LogP contribution in [0.2, 0.25) is 0 Å². The van der Waals surface area contributed by atoms with Crippen molar-refractivity contribution in [2.45, 2.75) is 52.4 Å². The Morgan fingerprint density at radius 2 is 1.46 bits per heavy atom. The molecule has 0 aliphatic rings. The van der Waals surface area contributed by atoms with E-state index < -0.39 is 0 Å². The van der Waals surface area contributed by atoms with Gasteiger partial charge in [-0.15, -0.1) is 0 Å². The van der Waals surface area contributed by atoms with E-state index in [0.717, 1.165) is 16.8 Å². The first kappa shape index (κ1) is 19.8. The number of carbonyl (C=O) groups excluding carboxylic acids is 1. The van der Waals surface area contributed by atoms with Gasteiger partial charge in [0.25, 0.3) is 0 Å². The molecule has 0 spiro atoms. The van der Waals surface area contributed by atoms with Crippen molar-refractivity contribution in [2.75, 3.05) is 12.4 Å². The van der Waals surface area contributed by atoms with Crippen molar-refractivity contribution in [1.29, 1.82) is 0 Å². The second-order valence-corrected chi connectivity index (χ2v) is 8.58. The van der Waals surface area contributed by atoms with Crippen molar-refractivity contribution in [3.8, 4) is 5.75 Å². The van der Waals surface area contributed by atoms with Crippen LogP contribution >= 0.6 is 0 Å². The maximum atomic E-state index is 12.0. The summed E-state index contributed by atoms with van der Waals surface area (Å²) in [7, 11) is 1.37. The number of rotatable bonds is 3. The molecule has 0 heterocycles. The third-order valence-electron chi connectivity index (χ3n) is 4.34. The molecule has 2 N–H and O–H groups in total.